The molecule has 6 nitrogen and oxygen atoms in total. The highest BCUT2D eigenvalue weighted by atomic mass is 35.5. The third-order valence-corrected chi connectivity index (χ3v) is 5.13. The molecular weight excluding hydrogens is 352 g/mol. The van der Waals surface area contributed by atoms with Gasteiger partial charge in [-0.1, -0.05) is 35.0 Å². The highest BCUT2D eigenvalue weighted by molar-refractivity contribution is 6.32. The van der Waals surface area contributed by atoms with Crippen LogP contribution >= 0.6 is 11.6 Å². The van der Waals surface area contributed by atoms with Crippen LogP contribution in [0.4, 0.5) is 10.5 Å². The van der Waals surface area contributed by atoms with Crippen LogP contribution in [0.3, 0.4) is 0 Å². The SMILES string of the molecule is NC(=O)Nc1ccc(-n2c3c(c4ccccc42)C(N=O)CCC3)c(Cl)c1. The molecule has 1 aliphatic carbocycles. The van der Waals surface area contributed by atoms with Crippen molar-refractivity contribution in [2.45, 2.75) is 25.3 Å². The minimum Gasteiger partial charge on any atom is -0.351 e. The zero-order chi connectivity index (χ0) is 18.3. The van der Waals surface area contributed by atoms with Crippen molar-refractivity contribution in [3.8, 4) is 5.69 Å². The molecular formula is C19H17ClN4O2. The minimum absolute atomic E-state index is 0.334. The number of carbonyl (C=O) groups is 1. The van der Waals surface area contributed by atoms with Crippen LogP contribution in [-0.2, 0) is 6.42 Å². The molecule has 3 aromatic rings. The van der Waals surface area contributed by atoms with E-state index in [9.17, 15) is 9.70 Å². The molecule has 26 heavy (non-hydrogen) atoms. The fraction of sp³-hybridized carbons (Fsp3) is 0.211. The van der Waals surface area contributed by atoms with Crippen LogP contribution in [0.1, 0.15) is 30.1 Å². The third-order valence-electron chi connectivity index (χ3n) is 4.82. The zero-order valence-electron chi connectivity index (χ0n) is 13.9. The summed E-state index contributed by atoms with van der Waals surface area (Å²) < 4.78 is 2.10. The highest BCUT2D eigenvalue weighted by Crippen LogP contribution is 2.42. The van der Waals surface area contributed by atoms with Gasteiger partial charge in [0.2, 0.25) is 0 Å². The summed E-state index contributed by atoms with van der Waals surface area (Å²) in [5, 5.41) is 7.40. The molecule has 0 saturated carbocycles. The predicted molar refractivity (Wildman–Crippen MR) is 103 cm³/mol. The second kappa shape index (κ2) is 6.46. The Morgan fingerprint density at radius 3 is 2.81 bits per heavy atom. The maximum Gasteiger partial charge on any atom is 0.316 e. The van der Waals surface area contributed by atoms with Crippen molar-refractivity contribution in [3.05, 3.63) is 63.7 Å². The van der Waals surface area contributed by atoms with Gasteiger partial charge in [-0.2, -0.15) is 4.91 Å². The lowest BCUT2D eigenvalue weighted by molar-refractivity contribution is 0.259. The molecule has 1 atom stereocenters. The van der Waals surface area contributed by atoms with Gasteiger partial charge in [-0.25, -0.2) is 4.79 Å². The van der Waals surface area contributed by atoms with Crippen LogP contribution in [0.15, 0.2) is 47.6 Å². The fourth-order valence-electron chi connectivity index (χ4n) is 3.83. The van der Waals surface area contributed by atoms with Crippen LogP contribution < -0.4 is 11.1 Å². The molecule has 0 saturated heterocycles. The zero-order valence-corrected chi connectivity index (χ0v) is 14.7. The molecule has 1 aromatic heterocycles. The largest absolute Gasteiger partial charge is 0.351 e. The second-order valence-electron chi connectivity index (χ2n) is 6.38. The van der Waals surface area contributed by atoms with Crippen molar-refractivity contribution in [1.29, 1.82) is 0 Å². The molecule has 3 N–H and O–H groups in total. The number of urea groups is 1. The van der Waals surface area contributed by atoms with E-state index in [1.165, 1.54) is 0 Å². The summed E-state index contributed by atoms with van der Waals surface area (Å²) in [6.45, 7) is 0. The lowest BCUT2D eigenvalue weighted by Gasteiger charge is -2.20. The maximum absolute atomic E-state index is 11.4. The Hall–Kier alpha value is -2.86. The summed E-state index contributed by atoms with van der Waals surface area (Å²) in [4.78, 5) is 22.4. The molecule has 0 fully saturated rings. The van der Waals surface area contributed by atoms with Crippen LogP contribution in [-0.4, -0.2) is 10.6 Å². The molecule has 0 spiro atoms. The molecule has 0 aliphatic heterocycles. The molecule has 132 valence electrons. The van der Waals surface area contributed by atoms with Crippen molar-refractivity contribution in [3.63, 3.8) is 0 Å². The number of anilines is 1. The average molecular weight is 369 g/mol. The topological polar surface area (TPSA) is 89.5 Å². The number of nitroso groups, excluding NO2 is 1. The van der Waals surface area contributed by atoms with Gasteiger partial charge in [0.05, 0.1) is 16.2 Å². The number of nitrogens with zero attached hydrogens (tertiary/aromatic N) is 2. The number of nitrogens with two attached hydrogens (primary N) is 1. The Bertz CT molecular complexity index is 1030. The smallest absolute Gasteiger partial charge is 0.316 e. The van der Waals surface area contributed by atoms with E-state index in [2.05, 4.69) is 15.1 Å². The third kappa shape index (κ3) is 2.63. The quantitative estimate of drug-likeness (QED) is 0.642. The monoisotopic (exact) mass is 368 g/mol. The summed E-state index contributed by atoms with van der Waals surface area (Å²) in [5.74, 6) is 0. The fourth-order valence-corrected chi connectivity index (χ4v) is 4.10. The van der Waals surface area contributed by atoms with Gasteiger partial charge in [-0.15, -0.1) is 0 Å². The number of rotatable bonds is 3. The normalized spacial score (nSPS) is 16.3. The summed E-state index contributed by atoms with van der Waals surface area (Å²) in [5.41, 5.74) is 9.55. The van der Waals surface area contributed by atoms with E-state index in [-0.39, 0.29) is 6.04 Å². The summed E-state index contributed by atoms with van der Waals surface area (Å²) in [6, 6.07) is 12.3. The molecule has 7 heteroatoms. The first-order valence-electron chi connectivity index (χ1n) is 8.41. The van der Waals surface area contributed by atoms with Gasteiger partial charge in [0.1, 0.15) is 6.04 Å². The molecule has 0 bridgehead atoms. The van der Waals surface area contributed by atoms with Gasteiger partial charge in [0.15, 0.2) is 0 Å². The number of carbonyl (C=O) groups excluding carboxylic acids is 1. The van der Waals surface area contributed by atoms with Gasteiger partial charge < -0.3 is 15.6 Å². The van der Waals surface area contributed by atoms with Crippen molar-refractivity contribution in [2.24, 2.45) is 10.9 Å². The minimum atomic E-state index is -0.641. The van der Waals surface area contributed by atoms with Gasteiger partial charge in [-0.3, -0.25) is 0 Å². The number of primary amides is 1. The van der Waals surface area contributed by atoms with E-state index in [1.807, 2.05) is 30.3 Å². The molecule has 4 rings (SSSR count). The lowest BCUT2D eigenvalue weighted by atomic mass is 9.91. The van der Waals surface area contributed by atoms with Gasteiger partial charge >= 0.3 is 6.03 Å². The first-order chi connectivity index (χ1) is 12.6. The Labute approximate surface area is 154 Å². The number of benzene rings is 2. The van der Waals surface area contributed by atoms with Crippen LogP contribution in [0.5, 0.6) is 0 Å². The van der Waals surface area contributed by atoms with Crippen LogP contribution in [0, 0.1) is 4.91 Å². The summed E-state index contributed by atoms with van der Waals surface area (Å²) in [6.07, 6.45) is 2.52. The Morgan fingerprint density at radius 2 is 2.08 bits per heavy atom. The Kier molecular flexibility index (Phi) is 4.12. The number of fused-ring (bicyclic) bond motifs is 3. The Balaban J connectivity index is 1.95. The molecule has 1 aliphatic rings. The van der Waals surface area contributed by atoms with E-state index in [1.54, 1.807) is 12.1 Å². The van der Waals surface area contributed by atoms with Crippen molar-refractivity contribution >= 4 is 34.2 Å². The second-order valence-corrected chi connectivity index (χ2v) is 6.79. The number of aromatic nitrogens is 1. The molecule has 1 unspecified atom stereocenters. The van der Waals surface area contributed by atoms with Gasteiger partial charge in [0.25, 0.3) is 0 Å². The van der Waals surface area contributed by atoms with Crippen LogP contribution in [0.2, 0.25) is 5.02 Å². The Morgan fingerprint density at radius 1 is 1.27 bits per heavy atom. The predicted octanol–water partition coefficient (Wildman–Crippen LogP) is 4.92. The number of para-hydroxylation sites is 1. The molecule has 1 heterocycles. The van der Waals surface area contributed by atoms with Crippen LogP contribution in [0.25, 0.3) is 16.6 Å². The summed E-state index contributed by atoms with van der Waals surface area (Å²) >= 11 is 6.52. The van der Waals surface area contributed by atoms with E-state index < -0.39 is 6.03 Å². The first kappa shape index (κ1) is 16.6. The number of hydrogen-bond acceptors (Lipinski definition) is 3. The van der Waals surface area contributed by atoms with Crippen molar-refractivity contribution in [1.82, 2.24) is 4.57 Å². The van der Waals surface area contributed by atoms with Gasteiger partial charge in [-0.05, 0) is 43.5 Å². The lowest BCUT2D eigenvalue weighted by Crippen LogP contribution is -2.19. The van der Waals surface area contributed by atoms with E-state index in [4.69, 9.17) is 17.3 Å². The molecule has 2 aromatic carbocycles. The maximum atomic E-state index is 11.4. The molecule has 2 amide bonds. The number of nitrogens with one attached hydrogen (secondary N) is 1. The number of halogens is 1. The standard InChI is InChI=1S/C19H17ClN4O2/c20-13-10-11(22-19(21)25)8-9-16(13)24-15-6-2-1-4-12(15)18-14(23-26)5-3-7-17(18)24/h1-2,4,6,8-10,14H,3,5,7H2,(H3,21,22,25). The van der Waals surface area contributed by atoms with E-state index >= 15 is 0 Å². The molecule has 0 radical (unpaired) electrons. The number of hydrogen-bond donors (Lipinski definition) is 2. The van der Waals surface area contributed by atoms with Crippen molar-refractivity contribution in [2.75, 3.05) is 5.32 Å². The highest BCUT2D eigenvalue weighted by Gasteiger charge is 2.29. The summed E-state index contributed by atoms with van der Waals surface area (Å²) in [7, 11) is 0. The van der Waals surface area contributed by atoms with E-state index in [0.717, 1.165) is 47.1 Å². The first-order valence-corrected chi connectivity index (χ1v) is 8.79. The van der Waals surface area contributed by atoms with Gasteiger partial charge in [0, 0.05) is 22.3 Å². The van der Waals surface area contributed by atoms with Crippen molar-refractivity contribution < 1.29 is 4.79 Å². The number of amides is 2. The van der Waals surface area contributed by atoms with E-state index in [0.29, 0.717) is 10.7 Å². The average Bonchev–Trinajstić information content (AvgIpc) is 2.96.